The molecule has 6 heterocycles. The van der Waals surface area contributed by atoms with Crippen molar-refractivity contribution in [3.8, 4) is 46.3 Å². The molecular weight excluding hydrogens is 693 g/mol. The third-order valence-electron chi connectivity index (χ3n) is 11.2. The molecule has 0 bridgehead atoms. The zero-order valence-electron chi connectivity index (χ0n) is 29.5. The number of aromatic nitrogens is 7. The van der Waals surface area contributed by atoms with Gasteiger partial charge in [0.1, 0.15) is 23.0 Å². The van der Waals surface area contributed by atoms with Crippen LogP contribution in [-0.2, 0) is 0 Å². The van der Waals surface area contributed by atoms with Crippen molar-refractivity contribution < 1.29 is 9.47 Å². The molecule has 260 valence electrons. The fourth-order valence-electron chi connectivity index (χ4n) is 8.89. The van der Waals surface area contributed by atoms with Gasteiger partial charge >= 0.3 is 0 Å². The van der Waals surface area contributed by atoms with Crippen LogP contribution in [0.1, 0.15) is 0 Å². The van der Waals surface area contributed by atoms with E-state index in [1.807, 2.05) is 71.3 Å². The highest BCUT2D eigenvalue weighted by Gasteiger charge is 2.40. The van der Waals surface area contributed by atoms with Crippen LogP contribution < -0.4 is 25.9 Å². The zero-order valence-corrected chi connectivity index (χ0v) is 29.5. The van der Waals surface area contributed by atoms with E-state index in [4.69, 9.17) is 29.4 Å². The first-order valence-electron chi connectivity index (χ1n) is 18.6. The maximum atomic E-state index is 6.70. The number of nitrogens with zero attached hydrogens (tertiary/aromatic N) is 7. The summed E-state index contributed by atoms with van der Waals surface area (Å²) >= 11 is 0. The van der Waals surface area contributed by atoms with Gasteiger partial charge in [0, 0.05) is 21.8 Å². The predicted molar refractivity (Wildman–Crippen MR) is 220 cm³/mol. The van der Waals surface area contributed by atoms with E-state index in [9.17, 15) is 0 Å². The summed E-state index contributed by atoms with van der Waals surface area (Å²) < 4.78 is 19.7. The topological polar surface area (TPSA) is 84.3 Å². The lowest BCUT2D eigenvalue weighted by Crippen LogP contribution is -2.57. The largest absolute Gasteiger partial charge is 0.458 e. The first kappa shape index (κ1) is 29.7. The predicted octanol–water partition coefficient (Wildman–Crippen LogP) is 8.11. The van der Waals surface area contributed by atoms with E-state index >= 15 is 0 Å². The van der Waals surface area contributed by atoms with E-state index in [1.54, 1.807) is 0 Å². The SMILES string of the molecule is c1ccc2c(c1)Oc1cc(-c3nc(-n4c5ccccc5c5ccccc54)nc(-n4c5ccccc5n5c6ccccc6nc45)n3)cc3c1B2c1ccccc1O3. The smallest absolute Gasteiger partial charge is 0.260 e. The zero-order chi connectivity index (χ0) is 36.5. The number of ether oxygens (including phenoxy) is 2. The third kappa shape index (κ3) is 3.99. The van der Waals surface area contributed by atoms with Crippen molar-refractivity contribution in [1.82, 2.24) is 33.5 Å². The molecule has 0 radical (unpaired) electrons. The number of rotatable bonds is 3. The molecule has 0 atom stereocenters. The molecule has 13 rings (SSSR count). The average molecular weight is 720 g/mol. The van der Waals surface area contributed by atoms with E-state index < -0.39 is 0 Å². The summed E-state index contributed by atoms with van der Waals surface area (Å²) in [6.45, 7) is -0.0415. The Labute approximate surface area is 318 Å². The fraction of sp³-hybridized carbons (Fsp3) is 0. The van der Waals surface area contributed by atoms with E-state index in [2.05, 4.69) is 100.0 Å². The molecular formula is C46H26BN7O2. The molecule has 7 aromatic carbocycles. The van der Waals surface area contributed by atoms with E-state index in [0.717, 1.165) is 77.3 Å². The molecule has 0 saturated carbocycles. The molecule has 56 heavy (non-hydrogen) atoms. The van der Waals surface area contributed by atoms with E-state index in [-0.39, 0.29) is 6.71 Å². The highest BCUT2D eigenvalue weighted by molar-refractivity contribution is 6.98. The first-order chi connectivity index (χ1) is 27.8. The number of hydrogen-bond donors (Lipinski definition) is 0. The Hall–Kier alpha value is -7.72. The van der Waals surface area contributed by atoms with Gasteiger partial charge in [-0.1, -0.05) is 97.1 Å². The molecule has 0 saturated heterocycles. The Morgan fingerprint density at radius 1 is 0.429 bits per heavy atom. The Morgan fingerprint density at radius 2 is 0.946 bits per heavy atom. The third-order valence-corrected chi connectivity index (χ3v) is 11.2. The molecule has 2 aliphatic heterocycles. The molecule has 0 fully saturated rings. The van der Waals surface area contributed by atoms with E-state index in [0.29, 0.717) is 35.0 Å². The second-order valence-electron chi connectivity index (χ2n) is 14.3. The standard InChI is InChI=1S/C46H26BN7O2/c1-6-18-33-28(13-1)29-14-2-7-19-34(29)52(33)44-49-43(50-45(51-44)54-37-22-10-9-21-36(37)53-35-20-8-5-17-32(35)48-46(53)54)27-25-40-42-41(26-27)56-39-24-12-4-16-31(39)47(42)30-15-3-11-23-38(30)55-40/h1-26H. The van der Waals surface area contributed by atoms with Gasteiger partial charge in [0.15, 0.2) is 5.82 Å². The summed E-state index contributed by atoms with van der Waals surface area (Å²) in [5, 5.41) is 2.23. The lowest BCUT2D eigenvalue weighted by Gasteiger charge is -2.33. The summed E-state index contributed by atoms with van der Waals surface area (Å²) in [7, 11) is 0. The van der Waals surface area contributed by atoms with Crippen molar-refractivity contribution >= 4 is 72.8 Å². The van der Waals surface area contributed by atoms with Crippen LogP contribution in [0.25, 0.3) is 72.9 Å². The van der Waals surface area contributed by atoms with Crippen LogP contribution in [0.3, 0.4) is 0 Å². The lowest BCUT2D eigenvalue weighted by molar-refractivity contribution is 0.465. The van der Waals surface area contributed by atoms with Crippen molar-refractivity contribution in [2.24, 2.45) is 0 Å². The minimum Gasteiger partial charge on any atom is -0.458 e. The van der Waals surface area contributed by atoms with Crippen LogP contribution in [0.5, 0.6) is 23.0 Å². The van der Waals surface area contributed by atoms with Gasteiger partial charge in [0.2, 0.25) is 17.7 Å². The van der Waals surface area contributed by atoms with Crippen LogP contribution in [0.2, 0.25) is 0 Å². The number of hydrogen-bond acceptors (Lipinski definition) is 6. The molecule has 0 N–H and O–H groups in total. The van der Waals surface area contributed by atoms with Gasteiger partial charge in [-0.3, -0.25) is 8.97 Å². The molecule has 4 aromatic heterocycles. The summed E-state index contributed by atoms with van der Waals surface area (Å²) in [6.07, 6.45) is 0. The number of para-hydroxylation sites is 8. The molecule has 0 spiro atoms. The first-order valence-corrected chi connectivity index (χ1v) is 18.6. The van der Waals surface area contributed by atoms with Crippen LogP contribution >= 0.6 is 0 Å². The Morgan fingerprint density at radius 3 is 1.61 bits per heavy atom. The average Bonchev–Trinajstić information content (AvgIpc) is 3.90. The minimum atomic E-state index is -0.0415. The quantitative estimate of drug-likeness (QED) is 0.172. The van der Waals surface area contributed by atoms with Gasteiger partial charge in [-0.05, 0) is 71.6 Å². The van der Waals surface area contributed by atoms with Crippen LogP contribution in [0.15, 0.2) is 158 Å². The molecule has 10 heteroatoms. The van der Waals surface area contributed by atoms with Crippen molar-refractivity contribution in [3.63, 3.8) is 0 Å². The highest BCUT2D eigenvalue weighted by Crippen LogP contribution is 2.39. The lowest BCUT2D eigenvalue weighted by atomic mass is 9.35. The summed E-state index contributed by atoms with van der Waals surface area (Å²) in [5.41, 5.74) is 9.75. The van der Waals surface area contributed by atoms with Gasteiger partial charge in [0.05, 0.1) is 33.1 Å². The number of fused-ring (bicyclic) bond motifs is 12. The highest BCUT2D eigenvalue weighted by atomic mass is 16.5. The number of imidazole rings is 2. The van der Waals surface area contributed by atoms with Gasteiger partial charge < -0.3 is 9.47 Å². The molecule has 0 aliphatic carbocycles. The van der Waals surface area contributed by atoms with Gasteiger partial charge in [-0.15, -0.1) is 0 Å². The Balaban J connectivity index is 1.12. The maximum absolute atomic E-state index is 6.70. The minimum absolute atomic E-state index is 0.0415. The molecule has 11 aromatic rings. The Kier molecular flexibility index (Phi) is 5.80. The van der Waals surface area contributed by atoms with Crippen LogP contribution in [0.4, 0.5) is 0 Å². The number of benzene rings is 7. The normalized spacial score (nSPS) is 12.9. The van der Waals surface area contributed by atoms with Crippen molar-refractivity contribution in [2.75, 3.05) is 0 Å². The molecule has 0 amide bonds. The second kappa shape index (κ2) is 10.9. The van der Waals surface area contributed by atoms with Crippen LogP contribution in [0, 0.1) is 0 Å². The maximum Gasteiger partial charge on any atom is 0.260 e. The van der Waals surface area contributed by atoms with Crippen molar-refractivity contribution in [3.05, 3.63) is 158 Å². The molecule has 2 aliphatic rings. The van der Waals surface area contributed by atoms with Crippen molar-refractivity contribution in [2.45, 2.75) is 0 Å². The van der Waals surface area contributed by atoms with Gasteiger partial charge in [0.25, 0.3) is 6.71 Å². The van der Waals surface area contributed by atoms with Gasteiger partial charge in [-0.25, -0.2) is 9.55 Å². The summed E-state index contributed by atoms with van der Waals surface area (Å²) in [4.78, 5) is 21.1. The van der Waals surface area contributed by atoms with Crippen LogP contribution in [-0.4, -0.2) is 40.2 Å². The van der Waals surface area contributed by atoms with E-state index in [1.165, 1.54) is 0 Å². The summed E-state index contributed by atoms with van der Waals surface area (Å²) in [5.74, 6) is 5.17. The molecule has 0 unspecified atom stereocenters. The monoisotopic (exact) mass is 719 g/mol. The Bertz CT molecular complexity index is 3350. The van der Waals surface area contributed by atoms with Gasteiger partial charge in [-0.2, -0.15) is 15.0 Å². The summed E-state index contributed by atoms with van der Waals surface area (Å²) in [6, 6.07) is 53.8. The van der Waals surface area contributed by atoms with Crippen molar-refractivity contribution in [1.29, 1.82) is 0 Å². The fourth-order valence-corrected chi connectivity index (χ4v) is 8.89. The second-order valence-corrected chi connectivity index (χ2v) is 14.3. The molecule has 9 nitrogen and oxygen atoms in total.